The van der Waals surface area contributed by atoms with Crippen LogP contribution in [0.25, 0.3) is 0 Å². The van der Waals surface area contributed by atoms with E-state index in [0.29, 0.717) is 0 Å². The molecule has 9 heteroatoms. The Labute approximate surface area is 137 Å². The molecule has 0 unspecified atom stereocenters. The molecule has 0 spiro atoms. The van der Waals surface area contributed by atoms with Crippen molar-refractivity contribution in [3.63, 3.8) is 0 Å². The first-order chi connectivity index (χ1) is 10.3. The minimum Gasteiger partial charge on any atom is -0.545 e. The Kier molecular flexibility index (Phi) is 6.38. The zero-order valence-electron chi connectivity index (χ0n) is 10.9. The minimum atomic E-state index is -1.67. The number of nitro groups is 1. The van der Waals surface area contributed by atoms with Gasteiger partial charge in [0.15, 0.2) is 12.4 Å². The van der Waals surface area contributed by atoms with Crippen LogP contribution in [0.5, 0.6) is 0 Å². The van der Waals surface area contributed by atoms with Gasteiger partial charge in [0.1, 0.15) is 0 Å². The van der Waals surface area contributed by atoms with Crippen molar-refractivity contribution in [3.8, 4) is 0 Å². The van der Waals surface area contributed by atoms with E-state index in [1.165, 1.54) is 3.57 Å². The number of non-ortho nitro benzene ring substituents is 1. The first kappa shape index (κ1) is 17.5. The Bertz CT molecular complexity index is 626. The van der Waals surface area contributed by atoms with Gasteiger partial charge in [-0.05, 0) is 34.7 Å². The molecule has 0 amide bonds. The normalized spacial score (nSPS) is 9.32. The maximum Gasteiger partial charge on any atom is 0.335 e. The number of pyridine rings is 1. The minimum absolute atomic E-state index is 0.469. The molecular formula is C13H9IN2O6. The smallest absolute Gasteiger partial charge is 0.335 e. The number of nitrogens with zero attached hydrogens (tertiary/aromatic N) is 1. The molecule has 0 aliphatic heterocycles. The largest absolute Gasteiger partial charge is 0.545 e. The number of H-pyrrole nitrogens is 1. The summed E-state index contributed by atoms with van der Waals surface area (Å²) in [6, 6.07) is 6.32. The first-order valence-corrected chi connectivity index (χ1v) is 6.75. The molecule has 22 heavy (non-hydrogen) atoms. The molecule has 1 aromatic carbocycles. The van der Waals surface area contributed by atoms with E-state index in [2.05, 4.69) is 27.6 Å². The maximum atomic E-state index is 10.5. The first-order valence-electron chi connectivity index (χ1n) is 5.67. The number of carbonyl (C=O) groups is 2. The van der Waals surface area contributed by atoms with Crippen LogP contribution in [0.4, 0.5) is 5.69 Å². The second-order valence-electron chi connectivity index (χ2n) is 3.84. The van der Waals surface area contributed by atoms with Crippen molar-refractivity contribution in [3.05, 3.63) is 67.5 Å². The van der Waals surface area contributed by atoms with E-state index >= 15 is 0 Å². The van der Waals surface area contributed by atoms with Crippen molar-refractivity contribution < 1.29 is 29.7 Å². The molecule has 1 aromatic heterocycles. The average Bonchev–Trinajstić information content (AvgIpc) is 2.48. The molecule has 2 aromatic rings. The summed E-state index contributed by atoms with van der Waals surface area (Å²) >= 11 is 2.25. The second kappa shape index (κ2) is 8.02. The Hall–Kier alpha value is -2.56. The Balaban J connectivity index is 0.000000287. The van der Waals surface area contributed by atoms with Crippen LogP contribution < -0.4 is 10.1 Å². The number of rotatable bonds is 3. The summed E-state index contributed by atoms with van der Waals surface area (Å²) in [6.07, 6.45) is 3.84. The van der Waals surface area contributed by atoms with Crippen LogP contribution in [0.3, 0.4) is 0 Å². The van der Waals surface area contributed by atoms with Crippen molar-refractivity contribution in [2.75, 3.05) is 0 Å². The van der Waals surface area contributed by atoms with Gasteiger partial charge in [0.25, 0.3) is 5.69 Å². The predicted octanol–water partition coefficient (Wildman–Crippen LogP) is 0.762. The van der Waals surface area contributed by atoms with Gasteiger partial charge in [-0.25, -0.2) is 9.78 Å². The summed E-state index contributed by atoms with van der Waals surface area (Å²) in [4.78, 5) is 33.4. The van der Waals surface area contributed by atoms with Crippen LogP contribution in [-0.4, -0.2) is 22.0 Å². The van der Waals surface area contributed by atoms with Gasteiger partial charge >= 0.3 is 5.97 Å². The summed E-state index contributed by atoms with van der Waals surface area (Å²) in [5, 5.41) is 29.3. The molecule has 0 fully saturated rings. The molecule has 0 atom stereocenters. The summed E-state index contributed by atoms with van der Waals surface area (Å²) in [7, 11) is 0. The van der Waals surface area contributed by atoms with Gasteiger partial charge in [-0.1, -0.05) is 0 Å². The summed E-state index contributed by atoms with van der Waals surface area (Å²) < 4.78 is 1.24. The molecule has 114 valence electrons. The number of aromatic amines is 1. The van der Waals surface area contributed by atoms with E-state index in [-0.39, 0.29) is 0 Å². The second-order valence-corrected chi connectivity index (χ2v) is 5.09. The zero-order valence-corrected chi connectivity index (χ0v) is 13.0. The van der Waals surface area contributed by atoms with Crippen LogP contribution in [0.1, 0.15) is 20.7 Å². The number of hydrogen-bond donors (Lipinski definition) is 1. The molecule has 2 N–H and O–H groups in total. The number of aromatic carboxylic acids is 2. The van der Waals surface area contributed by atoms with Gasteiger partial charge in [-0.3, -0.25) is 10.1 Å². The summed E-state index contributed by atoms with van der Waals surface area (Å²) in [6.45, 7) is 0. The topological polar surface area (TPSA) is 135 Å². The van der Waals surface area contributed by atoms with E-state index in [9.17, 15) is 24.8 Å². The van der Waals surface area contributed by atoms with Crippen molar-refractivity contribution in [2.24, 2.45) is 0 Å². The molecule has 1 heterocycles. The lowest BCUT2D eigenvalue weighted by atomic mass is 10.1. The highest BCUT2D eigenvalue weighted by molar-refractivity contribution is 14.1. The average molecular weight is 416 g/mol. The molecule has 2 rings (SSSR count). The molecule has 0 bridgehead atoms. The summed E-state index contributed by atoms with van der Waals surface area (Å²) in [5.41, 5.74) is -1.61. The van der Waals surface area contributed by atoms with Gasteiger partial charge < -0.3 is 15.0 Å². The monoisotopic (exact) mass is 416 g/mol. The van der Waals surface area contributed by atoms with Gasteiger partial charge in [-0.2, -0.15) is 0 Å². The number of carboxylic acid groups (broad SMARTS) is 2. The molecule has 0 radical (unpaired) electrons. The number of nitrogens with one attached hydrogen (secondary N) is 1. The van der Waals surface area contributed by atoms with E-state index < -0.39 is 33.7 Å². The standard InChI is InChI=1S/C8H5NO6.C5H4IN/c10-7(11)4-1-5(8(12)13)3-6(2-4)9(14)15;6-5-2-1-3-7-4-5/h1-3H,(H,10,11)(H,12,13);1-4H. The number of benzene rings is 1. The van der Waals surface area contributed by atoms with Crippen molar-refractivity contribution in [2.45, 2.75) is 0 Å². The third-order valence-corrected chi connectivity index (χ3v) is 2.95. The Morgan fingerprint density at radius 1 is 1.23 bits per heavy atom. The predicted molar refractivity (Wildman–Crippen MR) is 80.1 cm³/mol. The SMILES string of the molecule is Ic1ccc[nH+]c1.O=C([O-])c1cc(C(=O)O)cc([N+](=O)[O-])c1. The number of aromatic nitrogens is 1. The number of nitro benzene ring substituents is 1. The molecule has 0 aliphatic rings. The van der Waals surface area contributed by atoms with Gasteiger partial charge in [-0.15, -0.1) is 0 Å². The molecule has 0 aliphatic carbocycles. The Morgan fingerprint density at radius 3 is 2.23 bits per heavy atom. The highest BCUT2D eigenvalue weighted by Gasteiger charge is 2.13. The van der Waals surface area contributed by atoms with Crippen molar-refractivity contribution in [1.82, 2.24) is 0 Å². The molecule has 0 saturated heterocycles. The van der Waals surface area contributed by atoms with E-state index in [0.717, 1.165) is 18.2 Å². The van der Waals surface area contributed by atoms with Crippen LogP contribution in [0.2, 0.25) is 0 Å². The lowest BCUT2D eigenvalue weighted by Crippen LogP contribution is -2.22. The van der Waals surface area contributed by atoms with Gasteiger partial charge in [0.2, 0.25) is 0 Å². The zero-order chi connectivity index (χ0) is 16.7. The fourth-order valence-electron chi connectivity index (χ4n) is 1.33. The number of carboxylic acids is 2. The molecular weight excluding hydrogens is 407 g/mol. The third-order valence-electron chi connectivity index (χ3n) is 2.28. The summed E-state index contributed by atoms with van der Waals surface area (Å²) in [5.74, 6) is -3.11. The van der Waals surface area contributed by atoms with Gasteiger partial charge in [0, 0.05) is 23.8 Å². The van der Waals surface area contributed by atoms with Crippen LogP contribution in [-0.2, 0) is 0 Å². The highest BCUT2D eigenvalue weighted by atomic mass is 127. The maximum absolute atomic E-state index is 10.5. The van der Waals surface area contributed by atoms with Gasteiger partial charge in [0.05, 0.1) is 20.0 Å². The van der Waals surface area contributed by atoms with Crippen LogP contribution in [0.15, 0.2) is 42.7 Å². The number of carbonyl (C=O) groups excluding carboxylic acids is 1. The fraction of sp³-hybridized carbons (Fsp3) is 0. The Morgan fingerprint density at radius 2 is 1.86 bits per heavy atom. The quantitative estimate of drug-likeness (QED) is 0.446. The molecule has 8 nitrogen and oxygen atoms in total. The van der Waals surface area contributed by atoms with Crippen LogP contribution >= 0.6 is 22.6 Å². The van der Waals surface area contributed by atoms with Crippen molar-refractivity contribution in [1.29, 1.82) is 0 Å². The third kappa shape index (κ3) is 5.44. The molecule has 0 saturated carbocycles. The highest BCUT2D eigenvalue weighted by Crippen LogP contribution is 2.16. The van der Waals surface area contributed by atoms with Crippen molar-refractivity contribution >= 4 is 40.2 Å². The van der Waals surface area contributed by atoms with E-state index in [1.54, 1.807) is 0 Å². The fourth-order valence-corrected chi connectivity index (χ4v) is 1.72. The van der Waals surface area contributed by atoms with Crippen LogP contribution in [0, 0.1) is 13.7 Å². The number of hydrogen-bond acceptors (Lipinski definition) is 5. The lowest BCUT2D eigenvalue weighted by Gasteiger charge is -2.03. The van der Waals surface area contributed by atoms with E-state index in [4.69, 9.17) is 5.11 Å². The lowest BCUT2D eigenvalue weighted by molar-refractivity contribution is -0.385. The van der Waals surface area contributed by atoms with E-state index in [1.807, 2.05) is 24.5 Å². The number of halogens is 1.